The van der Waals surface area contributed by atoms with E-state index < -0.39 is 0 Å². The molecule has 2 fully saturated rings. The zero-order chi connectivity index (χ0) is 22.1. The normalized spacial score (nSPS) is 19.9. The third-order valence-corrected chi connectivity index (χ3v) is 7.51. The zero-order valence-electron chi connectivity index (χ0n) is 18.5. The van der Waals surface area contributed by atoms with Crippen molar-refractivity contribution in [3.05, 3.63) is 46.8 Å². The van der Waals surface area contributed by atoms with Gasteiger partial charge >= 0.3 is 0 Å². The minimum atomic E-state index is -0.0794. The summed E-state index contributed by atoms with van der Waals surface area (Å²) in [5.41, 5.74) is 3.33. The first-order chi connectivity index (χ1) is 15.6. The van der Waals surface area contributed by atoms with E-state index in [1.54, 1.807) is 7.11 Å². The molecule has 2 bridgehead atoms. The monoisotopic (exact) mass is 451 g/mol. The summed E-state index contributed by atoms with van der Waals surface area (Å²) in [6, 6.07) is 13.8. The van der Waals surface area contributed by atoms with Crippen LogP contribution in [0.3, 0.4) is 0 Å². The maximum Gasteiger partial charge on any atom is 0.263 e. The van der Waals surface area contributed by atoms with E-state index in [0.717, 1.165) is 35.4 Å². The maximum absolute atomic E-state index is 12.9. The van der Waals surface area contributed by atoms with Gasteiger partial charge in [-0.15, -0.1) is 11.3 Å². The number of carbonyl (C=O) groups excluding carboxylic acids is 1. The first-order valence-electron chi connectivity index (χ1n) is 11.2. The van der Waals surface area contributed by atoms with Gasteiger partial charge in [-0.1, -0.05) is 12.1 Å². The van der Waals surface area contributed by atoms with Crippen molar-refractivity contribution in [3.8, 4) is 5.88 Å². The lowest BCUT2D eigenvalue weighted by Gasteiger charge is -2.34. The molecule has 2 aromatic heterocycles. The van der Waals surface area contributed by atoms with Gasteiger partial charge in [0.05, 0.1) is 12.8 Å². The van der Waals surface area contributed by atoms with Gasteiger partial charge < -0.3 is 25.6 Å². The summed E-state index contributed by atoms with van der Waals surface area (Å²) in [6.07, 6.45) is 3.37. The summed E-state index contributed by atoms with van der Waals surface area (Å²) in [4.78, 5) is 21.2. The lowest BCUT2D eigenvalue weighted by molar-refractivity contribution is 0.0959. The smallest absolute Gasteiger partial charge is 0.263 e. The summed E-state index contributed by atoms with van der Waals surface area (Å²) in [5.74, 6) is 0.467. The second-order valence-corrected chi connectivity index (χ2v) is 9.48. The Morgan fingerprint density at radius 1 is 1.19 bits per heavy atom. The van der Waals surface area contributed by atoms with Crippen LogP contribution in [0.4, 0.5) is 11.4 Å². The lowest BCUT2D eigenvalue weighted by Crippen LogP contribution is -2.51. The van der Waals surface area contributed by atoms with Crippen LogP contribution in [0, 0.1) is 0 Å². The molecule has 0 aliphatic carbocycles. The number of anilines is 2. The molecule has 0 saturated carbocycles. The quantitative estimate of drug-likeness (QED) is 0.512. The Morgan fingerprint density at radius 3 is 2.62 bits per heavy atom. The second kappa shape index (κ2) is 8.96. The summed E-state index contributed by atoms with van der Waals surface area (Å²) < 4.78 is 5.21. The average molecular weight is 452 g/mol. The number of hydrogen-bond acceptors (Lipinski definition) is 7. The van der Waals surface area contributed by atoms with Crippen LogP contribution in [0.1, 0.15) is 28.1 Å². The van der Waals surface area contributed by atoms with Crippen molar-refractivity contribution in [3.63, 3.8) is 0 Å². The molecule has 5 rings (SSSR count). The Balaban J connectivity index is 1.20. The first kappa shape index (κ1) is 21.0. The molecule has 8 heteroatoms. The Morgan fingerprint density at radius 2 is 1.94 bits per heavy atom. The Labute approximate surface area is 192 Å². The van der Waals surface area contributed by atoms with Crippen LogP contribution in [0.2, 0.25) is 0 Å². The molecule has 0 spiro atoms. The predicted octanol–water partition coefficient (Wildman–Crippen LogP) is 3.26. The third-order valence-electron chi connectivity index (χ3n) is 6.41. The van der Waals surface area contributed by atoms with E-state index >= 15 is 0 Å². The van der Waals surface area contributed by atoms with Crippen molar-refractivity contribution < 1.29 is 9.53 Å². The van der Waals surface area contributed by atoms with Gasteiger partial charge in [-0.05, 0) is 43.0 Å². The van der Waals surface area contributed by atoms with Crippen molar-refractivity contribution in [2.75, 3.05) is 44.0 Å². The van der Waals surface area contributed by atoms with Crippen LogP contribution in [0.25, 0.3) is 10.2 Å². The summed E-state index contributed by atoms with van der Waals surface area (Å²) >= 11 is 1.38. The third kappa shape index (κ3) is 4.12. The highest BCUT2D eigenvalue weighted by atomic mass is 32.1. The van der Waals surface area contributed by atoms with Crippen molar-refractivity contribution in [1.29, 1.82) is 0 Å². The minimum Gasteiger partial charge on any atom is -0.481 e. The molecule has 7 nitrogen and oxygen atoms in total. The summed E-state index contributed by atoms with van der Waals surface area (Å²) in [7, 11) is 3.42. The maximum atomic E-state index is 12.9. The molecule has 2 saturated heterocycles. The number of ether oxygens (including phenoxy) is 1. The molecule has 0 unspecified atom stereocenters. The second-order valence-electron chi connectivity index (χ2n) is 8.48. The van der Waals surface area contributed by atoms with E-state index in [1.807, 2.05) is 19.2 Å². The lowest BCUT2D eigenvalue weighted by atomic mass is 10.1. The van der Waals surface area contributed by atoms with Gasteiger partial charge in [0.2, 0.25) is 5.88 Å². The van der Waals surface area contributed by atoms with E-state index in [4.69, 9.17) is 4.74 Å². The molecule has 1 amide bonds. The minimum absolute atomic E-state index is 0.0794. The van der Waals surface area contributed by atoms with Crippen molar-refractivity contribution in [2.45, 2.75) is 31.3 Å². The largest absolute Gasteiger partial charge is 0.481 e. The molecule has 2 aliphatic heterocycles. The SMILES string of the molecule is CNc1c(C(=O)NCCc2ccc(N3C[C@H]4CC[C@@H](C3)N4)cc2)sc2nc(OC)ccc12. The van der Waals surface area contributed by atoms with Crippen molar-refractivity contribution in [2.24, 2.45) is 0 Å². The van der Waals surface area contributed by atoms with Gasteiger partial charge in [-0.2, -0.15) is 0 Å². The number of carbonyl (C=O) groups is 1. The Bertz CT molecular complexity index is 1100. The number of methoxy groups -OCH3 is 1. The highest BCUT2D eigenvalue weighted by Crippen LogP contribution is 2.35. The number of pyridine rings is 1. The predicted molar refractivity (Wildman–Crippen MR) is 130 cm³/mol. The van der Waals surface area contributed by atoms with E-state index in [0.29, 0.717) is 29.4 Å². The topological polar surface area (TPSA) is 78.5 Å². The molecular weight excluding hydrogens is 422 g/mol. The van der Waals surface area contributed by atoms with Crippen molar-refractivity contribution >= 4 is 38.8 Å². The van der Waals surface area contributed by atoms with E-state index in [2.05, 4.69) is 50.1 Å². The van der Waals surface area contributed by atoms with Gasteiger partial charge in [0.25, 0.3) is 5.91 Å². The number of nitrogens with zero attached hydrogens (tertiary/aromatic N) is 2. The highest BCUT2D eigenvalue weighted by molar-refractivity contribution is 7.21. The highest BCUT2D eigenvalue weighted by Gasteiger charge is 2.32. The zero-order valence-corrected chi connectivity index (χ0v) is 19.3. The average Bonchev–Trinajstić information content (AvgIpc) is 3.37. The number of hydrogen-bond donors (Lipinski definition) is 3. The number of amides is 1. The number of nitrogens with one attached hydrogen (secondary N) is 3. The molecule has 4 heterocycles. The van der Waals surface area contributed by atoms with Gasteiger partial charge in [-0.3, -0.25) is 4.79 Å². The molecule has 1 aromatic carbocycles. The number of aromatic nitrogens is 1. The van der Waals surface area contributed by atoms with Crippen LogP contribution >= 0.6 is 11.3 Å². The Kier molecular flexibility index (Phi) is 5.89. The molecule has 3 aromatic rings. The molecular formula is C24H29N5O2S. The van der Waals surface area contributed by atoms with E-state index in [9.17, 15) is 4.79 Å². The summed E-state index contributed by atoms with van der Waals surface area (Å²) in [6.45, 7) is 2.77. The number of benzene rings is 1. The Hall–Kier alpha value is -2.84. The standard InChI is InChI=1S/C24H29N5O2S/c1-25-21-19-9-10-20(31-2)28-24(19)32-22(21)23(30)26-12-11-15-3-7-18(8-4-15)29-13-16-5-6-17(14-29)27-16/h3-4,7-10,16-17,25,27H,5-6,11-14H2,1-2H3,(H,26,30)/t16-,17+. The van der Waals surface area contributed by atoms with Crippen LogP contribution < -0.4 is 25.6 Å². The molecule has 32 heavy (non-hydrogen) atoms. The number of rotatable bonds is 7. The van der Waals surface area contributed by atoms with Crippen molar-refractivity contribution in [1.82, 2.24) is 15.6 Å². The fourth-order valence-electron chi connectivity index (χ4n) is 4.77. The van der Waals surface area contributed by atoms with Crippen LogP contribution in [-0.2, 0) is 6.42 Å². The fourth-order valence-corrected chi connectivity index (χ4v) is 5.85. The molecule has 2 aliphatic rings. The molecule has 168 valence electrons. The first-order valence-corrected chi connectivity index (χ1v) is 12.0. The fraction of sp³-hybridized carbons (Fsp3) is 0.417. The van der Waals surface area contributed by atoms with Gasteiger partial charge in [0.1, 0.15) is 9.71 Å². The van der Waals surface area contributed by atoms with Crippen LogP contribution in [0.15, 0.2) is 36.4 Å². The molecule has 3 N–H and O–H groups in total. The summed E-state index contributed by atoms with van der Waals surface area (Å²) in [5, 5.41) is 10.8. The number of piperazine rings is 1. The molecule has 0 radical (unpaired) electrons. The van der Waals surface area contributed by atoms with E-state index in [1.165, 1.54) is 35.4 Å². The van der Waals surface area contributed by atoms with Gasteiger partial charge in [-0.25, -0.2) is 4.98 Å². The number of thiophene rings is 1. The van der Waals surface area contributed by atoms with Crippen LogP contribution in [0.5, 0.6) is 5.88 Å². The van der Waals surface area contributed by atoms with Gasteiger partial charge in [0.15, 0.2) is 0 Å². The van der Waals surface area contributed by atoms with E-state index in [-0.39, 0.29) is 5.91 Å². The van der Waals surface area contributed by atoms with Gasteiger partial charge in [0, 0.05) is 55.9 Å². The molecule has 2 atom stereocenters. The van der Waals surface area contributed by atoms with Crippen LogP contribution in [-0.4, -0.2) is 56.8 Å². The number of fused-ring (bicyclic) bond motifs is 3.